The first-order valence-electron chi connectivity index (χ1n) is 9.16. The number of carbonyl (C=O) groups is 3. The molecule has 2 aromatic carbocycles. The van der Waals surface area contributed by atoms with Gasteiger partial charge in [-0.2, -0.15) is 0 Å². The van der Waals surface area contributed by atoms with Crippen LogP contribution in [-0.4, -0.2) is 24.5 Å². The van der Waals surface area contributed by atoms with Crippen LogP contribution < -0.4 is 16.4 Å². The van der Waals surface area contributed by atoms with Gasteiger partial charge in [-0.25, -0.2) is 4.79 Å². The Labute approximate surface area is 174 Å². The number of nitrogens with one attached hydrogen (secondary N) is 2. The molecule has 0 fully saturated rings. The van der Waals surface area contributed by atoms with E-state index in [1.54, 1.807) is 24.3 Å². The largest absolute Gasteiger partial charge is 0.455 e. The zero-order valence-corrected chi connectivity index (χ0v) is 17.1. The van der Waals surface area contributed by atoms with Gasteiger partial charge in [0.1, 0.15) is 0 Å². The lowest BCUT2D eigenvalue weighted by molar-refractivity contribution is -0.147. The molecule has 0 heterocycles. The number of halogens is 1. The Bertz CT molecular complexity index is 901. The molecule has 0 aliphatic rings. The van der Waals surface area contributed by atoms with Crippen molar-refractivity contribution in [3.8, 4) is 0 Å². The predicted molar refractivity (Wildman–Crippen MR) is 112 cm³/mol. The van der Waals surface area contributed by atoms with Crippen molar-refractivity contribution < 1.29 is 19.1 Å². The number of esters is 1. The number of nitrogens with two attached hydrogens (primary N) is 1. The molecular weight excluding hydrogens is 394 g/mol. The van der Waals surface area contributed by atoms with Crippen LogP contribution in [0.1, 0.15) is 36.1 Å². The van der Waals surface area contributed by atoms with E-state index in [9.17, 15) is 14.4 Å². The molecule has 3 amide bonds. The molecule has 2 aromatic rings. The van der Waals surface area contributed by atoms with Gasteiger partial charge in [-0.3, -0.25) is 9.59 Å². The molecule has 0 saturated heterocycles. The molecule has 0 spiro atoms. The lowest BCUT2D eigenvalue weighted by Gasteiger charge is -2.18. The molecule has 0 radical (unpaired) electrons. The van der Waals surface area contributed by atoms with Crippen LogP contribution in [0.15, 0.2) is 42.5 Å². The number of anilines is 1. The van der Waals surface area contributed by atoms with Crippen molar-refractivity contribution in [2.75, 3.05) is 11.9 Å². The molecular formula is C21H24ClN3O4. The smallest absolute Gasteiger partial charge is 0.312 e. The van der Waals surface area contributed by atoms with Crippen molar-refractivity contribution >= 4 is 35.2 Å². The van der Waals surface area contributed by atoms with Gasteiger partial charge in [0.25, 0.3) is 5.91 Å². The van der Waals surface area contributed by atoms with E-state index in [0.29, 0.717) is 10.6 Å². The van der Waals surface area contributed by atoms with Gasteiger partial charge in [0.2, 0.25) is 0 Å². The summed E-state index contributed by atoms with van der Waals surface area (Å²) in [5, 5.41) is 5.63. The van der Waals surface area contributed by atoms with Crippen molar-refractivity contribution in [2.45, 2.75) is 32.7 Å². The average Bonchev–Trinajstić information content (AvgIpc) is 2.67. The number of hydrogen-bond donors (Lipinski definition) is 3. The highest BCUT2D eigenvalue weighted by molar-refractivity contribution is 6.31. The van der Waals surface area contributed by atoms with Crippen molar-refractivity contribution in [3.05, 3.63) is 64.2 Å². The monoisotopic (exact) mass is 417 g/mol. The van der Waals surface area contributed by atoms with Gasteiger partial charge in [-0.05, 0) is 36.1 Å². The molecule has 0 aromatic heterocycles. The van der Waals surface area contributed by atoms with Gasteiger partial charge >= 0.3 is 12.0 Å². The van der Waals surface area contributed by atoms with E-state index < -0.39 is 30.6 Å². The maximum absolute atomic E-state index is 12.2. The second-order valence-electron chi connectivity index (χ2n) is 6.46. The summed E-state index contributed by atoms with van der Waals surface area (Å²) in [6, 6.07) is 10.9. The molecule has 2 rings (SSSR count). The van der Waals surface area contributed by atoms with Crippen molar-refractivity contribution in [1.29, 1.82) is 0 Å². The third-order valence-corrected chi connectivity index (χ3v) is 4.68. The molecule has 7 nitrogen and oxygen atoms in total. The van der Waals surface area contributed by atoms with Crippen LogP contribution in [0.5, 0.6) is 0 Å². The van der Waals surface area contributed by atoms with Crippen LogP contribution in [-0.2, 0) is 20.7 Å². The topological polar surface area (TPSA) is 111 Å². The van der Waals surface area contributed by atoms with E-state index in [-0.39, 0.29) is 6.42 Å². The highest BCUT2D eigenvalue weighted by Gasteiger charge is 2.21. The Morgan fingerprint density at radius 2 is 1.86 bits per heavy atom. The summed E-state index contributed by atoms with van der Waals surface area (Å²) in [6.07, 6.45) is 0.542. The van der Waals surface area contributed by atoms with Crippen molar-refractivity contribution in [1.82, 2.24) is 5.32 Å². The first-order chi connectivity index (χ1) is 13.8. The number of ether oxygens (including phenoxy) is 1. The van der Waals surface area contributed by atoms with Gasteiger partial charge in [-0.1, -0.05) is 54.9 Å². The fourth-order valence-corrected chi connectivity index (χ4v) is 3.18. The van der Waals surface area contributed by atoms with E-state index in [1.165, 1.54) is 0 Å². The molecule has 0 saturated carbocycles. The lowest BCUT2D eigenvalue weighted by Crippen LogP contribution is -2.35. The predicted octanol–water partition coefficient (Wildman–Crippen LogP) is 3.49. The van der Waals surface area contributed by atoms with Crippen LogP contribution in [0.4, 0.5) is 10.5 Å². The summed E-state index contributed by atoms with van der Waals surface area (Å²) < 4.78 is 5.08. The van der Waals surface area contributed by atoms with Gasteiger partial charge in [0.05, 0.1) is 12.5 Å². The van der Waals surface area contributed by atoms with E-state index in [0.717, 1.165) is 23.2 Å². The number of benzene rings is 2. The molecule has 0 aliphatic carbocycles. The summed E-state index contributed by atoms with van der Waals surface area (Å²) in [5.41, 5.74) is 8.37. The summed E-state index contributed by atoms with van der Waals surface area (Å²) in [6.45, 7) is 3.44. The molecule has 154 valence electrons. The Kier molecular flexibility index (Phi) is 8.03. The zero-order valence-electron chi connectivity index (χ0n) is 16.3. The Morgan fingerprint density at radius 1 is 1.14 bits per heavy atom. The zero-order chi connectivity index (χ0) is 21.4. The second kappa shape index (κ2) is 10.5. The number of rotatable bonds is 8. The molecule has 8 heteroatoms. The van der Waals surface area contributed by atoms with Crippen LogP contribution in [0, 0.1) is 6.92 Å². The number of carbonyl (C=O) groups excluding carboxylic acids is 3. The Hall–Kier alpha value is -3.06. The minimum Gasteiger partial charge on any atom is -0.455 e. The normalized spacial score (nSPS) is 11.4. The van der Waals surface area contributed by atoms with E-state index in [2.05, 4.69) is 10.6 Å². The number of primary amides is 1. The van der Waals surface area contributed by atoms with E-state index in [4.69, 9.17) is 22.1 Å². The molecule has 1 atom stereocenters. The first kappa shape index (κ1) is 22.2. The van der Waals surface area contributed by atoms with Crippen molar-refractivity contribution in [3.63, 3.8) is 0 Å². The minimum atomic E-state index is -0.799. The number of urea groups is 1. The fraction of sp³-hybridized carbons (Fsp3) is 0.286. The number of hydrogen-bond acceptors (Lipinski definition) is 4. The molecule has 4 N–H and O–H groups in total. The quantitative estimate of drug-likeness (QED) is 0.571. The maximum Gasteiger partial charge on any atom is 0.312 e. The second-order valence-corrected chi connectivity index (χ2v) is 6.87. The number of para-hydroxylation sites is 1. The Balaban J connectivity index is 1.98. The lowest BCUT2D eigenvalue weighted by atomic mass is 10.0. The van der Waals surface area contributed by atoms with Crippen LogP contribution >= 0.6 is 11.6 Å². The highest BCUT2D eigenvalue weighted by Crippen LogP contribution is 2.25. The molecule has 0 bridgehead atoms. The first-order valence-corrected chi connectivity index (χ1v) is 9.54. The van der Waals surface area contributed by atoms with Gasteiger partial charge < -0.3 is 21.1 Å². The summed E-state index contributed by atoms with van der Waals surface area (Å²) in [7, 11) is 0. The van der Waals surface area contributed by atoms with Crippen molar-refractivity contribution in [2.24, 2.45) is 5.73 Å². The SMILES string of the molecule is CCc1cccc(C)c1NC(=O)COC(=O)C[C@@H](NC(N)=O)c1ccccc1Cl. The standard InChI is InChI=1S/C21H24ClN3O4/c1-3-14-8-6-7-13(2)20(14)25-18(26)12-29-19(27)11-17(24-21(23)28)15-9-4-5-10-16(15)22/h4-10,17H,3,11-12H2,1-2H3,(H,25,26)(H3,23,24,28)/t17-/m1/s1. The molecule has 29 heavy (non-hydrogen) atoms. The van der Waals surface area contributed by atoms with Gasteiger partial charge in [-0.15, -0.1) is 0 Å². The third-order valence-electron chi connectivity index (χ3n) is 4.34. The molecule has 0 aliphatic heterocycles. The third kappa shape index (κ3) is 6.50. The van der Waals surface area contributed by atoms with E-state index >= 15 is 0 Å². The molecule has 0 unspecified atom stereocenters. The number of aryl methyl sites for hydroxylation is 2. The highest BCUT2D eigenvalue weighted by atomic mass is 35.5. The Morgan fingerprint density at radius 3 is 2.52 bits per heavy atom. The van der Waals surface area contributed by atoms with Gasteiger partial charge in [0, 0.05) is 10.7 Å². The van der Waals surface area contributed by atoms with Crippen LogP contribution in [0.2, 0.25) is 5.02 Å². The van der Waals surface area contributed by atoms with Crippen LogP contribution in [0.25, 0.3) is 0 Å². The summed E-state index contributed by atoms with van der Waals surface area (Å²) in [4.78, 5) is 35.7. The van der Waals surface area contributed by atoms with E-state index in [1.807, 2.05) is 32.0 Å². The van der Waals surface area contributed by atoms with Gasteiger partial charge in [0.15, 0.2) is 6.61 Å². The number of amides is 3. The average molecular weight is 418 g/mol. The minimum absolute atomic E-state index is 0.218. The maximum atomic E-state index is 12.2. The summed E-state index contributed by atoms with van der Waals surface area (Å²) in [5.74, 6) is -1.11. The summed E-state index contributed by atoms with van der Waals surface area (Å²) >= 11 is 6.14. The van der Waals surface area contributed by atoms with Crippen LogP contribution in [0.3, 0.4) is 0 Å². The fourth-order valence-electron chi connectivity index (χ4n) is 2.92.